The van der Waals surface area contributed by atoms with Crippen LogP contribution >= 0.6 is 23.4 Å². The number of hydrogen-bond donors (Lipinski definition) is 2. The van der Waals surface area contributed by atoms with Gasteiger partial charge in [-0.15, -0.1) is 0 Å². The molecule has 0 bridgehead atoms. The first kappa shape index (κ1) is 15.4. The van der Waals surface area contributed by atoms with Crippen molar-refractivity contribution in [3.63, 3.8) is 0 Å². The monoisotopic (exact) mass is 311 g/mol. The van der Waals surface area contributed by atoms with Gasteiger partial charge in [-0.1, -0.05) is 23.7 Å². The summed E-state index contributed by atoms with van der Waals surface area (Å²) in [6.45, 7) is 2.06. The molecule has 0 radical (unpaired) electrons. The molecule has 2 rings (SSSR count). The van der Waals surface area contributed by atoms with Crippen molar-refractivity contribution >= 4 is 35.3 Å². The maximum Gasteiger partial charge on any atom is 0.247 e. The molecule has 1 fully saturated rings. The molecule has 1 amide bonds. The number of thioether (sulfide) groups is 1. The average Bonchev–Trinajstić information content (AvgIpc) is 2.83. The summed E-state index contributed by atoms with van der Waals surface area (Å²) in [6.07, 6.45) is 2.52. The molecule has 1 atom stereocenters. The van der Waals surface area contributed by atoms with Gasteiger partial charge in [-0.3, -0.25) is 4.79 Å². The second-order valence-corrected chi connectivity index (χ2v) is 6.63. The van der Waals surface area contributed by atoms with E-state index in [0.29, 0.717) is 22.9 Å². The van der Waals surface area contributed by atoms with E-state index in [1.54, 1.807) is 36.9 Å². The highest BCUT2D eigenvalue weighted by atomic mass is 35.5. The molecule has 1 aliphatic rings. The van der Waals surface area contributed by atoms with Gasteiger partial charge in [-0.05, 0) is 42.9 Å². The summed E-state index contributed by atoms with van der Waals surface area (Å²) in [5.41, 5.74) is 0.734. The van der Waals surface area contributed by atoms with Crippen molar-refractivity contribution in [2.45, 2.75) is 18.9 Å². The Morgan fingerprint density at radius 1 is 1.60 bits per heavy atom. The summed E-state index contributed by atoms with van der Waals surface area (Å²) in [7, 11) is 0. The molecule has 1 aliphatic heterocycles. The Bertz CT molecular complexity index is 524. The van der Waals surface area contributed by atoms with Gasteiger partial charge in [0, 0.05) is 22.9 Å². The van der Waals surface area contributed by atoms with Crippen LogP contribution in [0.2, 0.25) is 5.02 Å². The summed E-state index contributed by atoms with van der Waals surface area (Å²) in [5.74, 6) is 1.48. The van der Waals surface area contributed by atoms with E-state index in [1.807, 2.05) is 12.1 Å². The minimum absolute atomic E-state index is 0.157. The van der Waals surface area contributed by atoms with Crippen LogP contribution < -0.4 is 5.32 Å². The minimum Gasteiger partial charge on any atom is -0.387 e. The van der Waals surface area contributed by atoms with Crippen LogP contribution in [0.1, 0.15) is 18.9 Å². The number of halogens is 1. The molecule has 1 unspecified atom stereocenters. The predicted molar refractivity (Wildman–Crippen MR) is 85.0 cm³/mol. The number of carbonyl (C=O) groups is 1. The van der Waals surface area contributed by atoms with Gasteiger partial charge in [0.15, 0.2) is 0 Å². The molecule has 3 nitrogen and oxygen atoms in total. The third-order valence-corrected chi connectivity index (χ3v) is 4.72. The Labute approximate surface area is 128 Å². The molecule has 0 saturated carbocycles. The van der Waals surface area contributed by atoms with Crippen LogP contribution in [0.25, 0.3) is 6.08 Å². The zero-order valence-corrected chi connectivity index (χ0v) is 12.9. The van der Waals surface area contributed by atoms with Crippen molar-refractivity contribution in [3.8, 4) is 0 Å². The zero-order valence-electron chi connectivity index (χ0n) is 11.4. The molecule has 1 heterocycles. The van der Waals surface area contributed by atoms with Crippen molar-refractivity contribution in [2.24, 2.45) is 0 Å². The lowest BCUT2D eigenvalue weighted by Gasteiger charge is -2.21. The molecular weight excluding hydrogens is 294 g/mol. The van der Waals surface area contributed by atoms with Crippen LogP contribution in [-0.4, -0.2) is 34.7 Å². The average molecular weight is 312 g/mol. The van der Waals surface area contributed by atoms with Gasteiger partial charge >= 0.3 is 0 Å². The van der Waals surface area contributed by atoms with Crippen LogP contribution in [0.5, 0.6) is 0 Å². The lowest BCUT2D eigenvalue weighted by atomic mass is 10.0. The molecule has 1 aromatic carbocycles. The topological polar surface area (TPSA) is 49.3 Å². The molecule has 5 heteroatoms. The van der Waals surface area contributed by atoms with Gasteiger partial charge < -0.3 is 10.4 Å². The Morgan fingerprint density at radius 2 is 2.40 bits per heavy atom. The van der Waals surface area contributed by atoms with Crippen molar-refractivity contribution in [2.75, 3.05) is 18.1 Å². The van der Waals surface area contributed by atoms with Gasteiger partial charge in [0.05, 0.1) is 5.60 Å². The molecule has 0 aromatic heterocycles. The standard InChI is InChI=1S/C15H18ClNO2S/c1-11(7-12-3-2-4-13(16)8-12)14(18)17-9-15(19)5-6-20-10-15/h2-4,7-8,19H,5-6,9-10H2,1H3,(H,17,18)/b11-7-. The summed E-state index contributed by atoms with van der Waals surface area (Å²) >= 11 is 7.62. The summed E-state index contributed by atoms with van der Waals surface area (Å²) in [5, 5.41) is 13.6. The van der Waals surface area contributed by atoms with E-state index < -0.39 is 5.60 Å². The fourth-order valence-corrected chi connectivity index (χ4v) is 3.53. The Hall–Kier alpha value is -0.970. The van der Waals surface area contributed by atoms with E-state index in [9.17, 15) is 9.90 Å². The highest BCUT2D eigenvalue weighted by Crippen LogP contribution is 2.27. The van der Waals surface area contributed by atoms with Gasteiger partial charge in [-0.25, -0.2) is 0 Å². The van der Waals surface area contributed by atoms with Gasteiger partial charge in [0.25, 0.3) is 0 Å². The van der Waals surface area contributed by atoms with E-state index in [2.05, 4.69) is 5.32 Å². The molecule has 20 heavy (non-hydrogen) atoms. The first-order chi connectivity index (χ1) is 9.48. The van der Waals surface area contributed by atoms with Crippen LogP contribution in [0, 0.1) is 0 Å². The van der Waals surface area contributed by atoms with E-state index in [0.717, 1.165) is 17.7 Å². The SMILES string of the molecule is C/C(=C/c1cccc(Cl)c1)C(=O)NCC1(O)CCSC1. The third kappa shape index (κ3) is 4.27. The van der Waals surface area contributed by atoms with Gasteiger partial charge in [-0.2, -0.15) is 11.8 Å². The van der Waals surface area contributed by atoms with E-state index in [1.165, 1.54) is 0 Å². The van der Waals surface area contributed by atoms with E-state index >= 15 is 0 Å². The fraction of sp³-hybridized carbons (Fsp3) is 0.400. The molecule has 1 saturated heterocycles. The Balaban J connectivity index is 1.94. The van der Waals surface area contributed by atoms with Crippen molar-refractivity contribution < 1.29 is 9.90 Å². The van der Waals surface area contributed by atoms with Gasteiger partial charge in [0.1, 0.15) is 0 Å². The molecule has 0 spiro atoms. The maximum absolute atomic E-state index is 12.0. The normalized spacial score (nSPS) is 22.9. The highest BCUT2D eigenvalue weighted by Gasteiger charge is 2.31. The molecular formula is C15H18ClNO2S. The number of carbonyl (C=O) groups excluding carboxylic acids is 1. The zero-order chi connectivity index (χ0) is 14.6. The predicted octanol–water partition coefficient (Wildman–Crippen LogP) is 2.73. The Morgan fingerprint density at radius 3 is 3.05 bits per heavy atom. The van der Waals surface area contributed by atoms with E-state index in [-0.39, 0.29) is 5.91 Å². The maximum atomic E-state index is 12.0. The van der Waals surface area contributed by atoms with Crippen LogP contribution in [0.15, 0.2) is 29.8 Å². The van der Waals surface area contributed by atoms with Crippen molar-refractivity contribution in [1.29, 1.82) is 0 Å². The fourth-order valence-electron chi connectivity index (χ4n) is 2.03. The first-order valence-electron chi connectivity index (χ1n) is 6.51. The summed E-state index contributed by atoms with van der Waals surface area (Å²) in [4.78, 5) is 12.0. The molecule has 0 aliphatic carbocycles. The quantitative estimate of drug-likeness (QED) is 0.841. The lowest BCUT2D eigenvalue weighted by Crippen LogP contribution is -2.43. The van der Waals surface area contributed by atoms with Crippen LogP contribution in [-0.2, 0) is 4.79 Å². The molecule has 2 N–H and O–H groups in total. The van der Waals surface area contributed by atoms with Crippen LogP contribution in [0.3, 0.4) is 0 Å². The van der Waals surface area contributed by atoms with Crippen molar-refractivity contribution in [3.05, 3.63) is 40.4 Å². The smallest absolute Gasteiger partial charge is 0.247 e. The second-order valence-electron chi connectivity index (χ2n) is 5.09. The number of aliphatic hydroxyl groups is 1. The lowest BCUT2D eigenvalue weighted by molar-refractivity contribution is -0.118. The van der Waals surface area contributed by atoms with Crippen molar-refractivity contribution in [1.82, 2.24) is 5.32 Å². The number of hydrogen-bond acceptors (Lipinski definition) is 3. The Kier molecular flexibility index (Phi) is 5.13. The summed E-state index contributed by atoms with van der Waals surface area (Å²) in [6, 6.07) is 7.34. The largest absolute Gasteiger partial charge is 0.387 e. The summed E-state index contributed by atoms with van der Waals surface area (Å²) < 4.78 is 0. The minimum atomic E-state index is -0.753. The van der Waals surface area contributed by atoms with Crippen LogP contribution in [0.4, 0.5) is 0 Å². The highest BCUT2D eigenvalue weighted by molar-refractivity contribution is 7.99. The second kappa shape index (κ2) is 6.66. The van der Waals surface area contributed by atoms with E-state index in [4.69, 9.17) is 11.6 Å². The number of amides is 1. The molecule has 108 valence electrons. The number of rotatable bonds is 4. The number of benzene rings is 1. The first-order valence-corrected chi connectivity index (χ1v) is 8.04. The number of nitrogens with one attached hydrogen (secondary N) is 1. The third-order valence-electron chi connectivity index (χ3n) is 3.25. The van der Waals surface area contributed by atoms with Gasteiger partial charge in [0.2, 0.25) is 5.91 Å². The molecule has 1 aromatic rings.